The number of carbonyl (C=O) groups is 1. The number of rotatable bonds is 5. The fourth-order valence-electron chi connectivity index (χ4n) is 1.54. The van der Waals surface area contributed by atoms with E-state index in [-0.39, 0.29) is 17.7 Å². The summed E-state index contributed by atoms with van der Waals surface area (Å²) in [5.41, 5.74) is 6.80. The van der Waals surface area contributed by atoms with Crippen LogP contribution >= 0.6 is 11.6 Å². The van der Waals surface area contributed by atoms with Crippen LogP contribution in [0.15, 0.2) is 24.3 Å². The average Bonchev–Trinajstić information content (AvgIpc) is 2.27. The molecule has 0 aromatic heterocycles. The second-order valence-corrected chi connectivity index (χ2v) is 4.62. The molecule has 2 N–H and O–H groups in total. The highest BCUT2D eigenvalue weighted by atomic mass is 35.5. The topological polar surface area (TPSA) is 43.1 Å². The van der Waals surface area contributed by atoms with Gasteiger partial charge in [0.05, 0.1) is 6.04 Å². The maximum atomic E-state index is 11.9. The predicted octanol–water partition coefficient (Wildman–Crippen LogP) is 2.83. The third-order valence-electron chi connectivity index (χ3n) is 2.90. The van der Waals surface area contributed by atoms with Crippen LogP contribution in [0.4, 0.5) is 0 Å². The minimum Gasteiger partial charge on any atom is -0.321 e. The van der Waals surface area contributed by atoms with Gasteiger partial charge in [0.25, 0.3) is 0 Å². The number of Topliss-reactive ketones (excluding diaryl/α,β-unsaturated/α-hetero) is 1. The van der Waals surface area contributed by atoms with Gasteiger partial charge >= 0.3 is 0 Å². The maximum absolute atomic E-state index is 11.9. The SMILES string of the molecule is CCC(C)C(N)C(=O)Cc1cccc(Cl)c1. The number of carbonyl (C=O) groups excluding carboxylic acids is 1. The van der Waals surface area contributed by atoms with E-state index in [1.54, 1.807) is 6.07 Å². The third-order valence-corrected chi connectivity index (χ3v) is 3.13. The number of nitrogens with two attached hydrogens (primary N) is 1. The van der Waals surface area contributed by atoms with Gasteiger partial charge in [0.2, 0.25) is 0 Å². The van der Waals surface area contributed by atoms with Crippen molar-refractivity contribution in [2.24, 2.45) is 11.7 Å². The van der Waals surface area contributed by atoms with E-state index in [9.17, 15) is 4.79 Å². The van der Waals surface area contributed by atoms with Gasteiger partial charge in [-0.2, -0.15) is 0 Å². The Morgan fingerprint density at radius 3 is 2.75 bits per heavy atom. The number of hydrogen-bond acceptors (Lipinski definition) is 2. The van der Waals surface area contributed by atoms with E-state index in [2.05, 4.69) is 0 Å². The van der Waals surface area contributed by atoms with Crippen LogP contribution in [-0.4, -0.2) is 11.8 Å². The molecular weight excluding hydrogens is 222 g/mol. The van der Waals surface area contributed by atoms with Crippen molar-refractivity contribution in [2.45, 2.75) is 32.7 Å². The van der Waals surface area contributed by atoms with Crippen LogP contribution in [0.25, 0.3) is 0 Å². The van der Waals surface area contributed by atoms with E-state index >= 15 is 0 Å². The molecule has 0 heterocycles. The predicted molar refractivity (Wildman–Crippen MR) is 67.6 cm³/mol. The maximum Gasteiger partial charge on any atom is 0.154 e. The normalized spacial score (nSPS) is 14.5. The molecule has 2 nitrogen and oxygen atoms in total. The molecule has 0 saturated carbocycles. The number of ketones is 1. The summed E-state index contributed by atoms with van der Waals surface area (Å²) < 4.78 is 0. The molecule has 1 aromatic rings. The highest BCUT2D eigenvalue weighted by Crippen LogP contribution is 2.13. The molecule has 2 unspecified atom stereocenters. The molecule has 0 fully saturated rings. The van der Waals surface area contributed by atoms with Gasteiger partial charge in [0.15, 0.2) is 5.78 Å². The first-order chi connectivity index (χ1) is 7.54. The fourth-order valence-corrected chi connectivity index (χ4v) is 1.75. The lowest BCUT2D eigenvalue weighted by Crippen LogP contribution is -2.37. The molecule has 3 heteroatoms. The Morgan fingerprint density at radius 1 is 1.50 bits per heavy atom. The largest absolute Gasteiger partial charge is 0.321 e. The zero-order chi connectivity index (χ0) is 12.1. The van der Waals surface area contributed by atoms with E-state index in [1.165, 1.54) is 0 Å². The number of halogens is 1. The number of hydrogen-bond donors (Lipinski definition) is 1. The zero-order valence-corrected chi connectivity index (χ0v) is 10.5. The Kier molecular flexibility index (Phi) is 4.97. The van der Waals surface area contributed by atoms with Gasteiger partial charge < -0.3 is 5.73 Å². The first-order valence-corrected chi connectivity index (χ1v) is 5.95. The molecule has 0 aliphatic heterocycles. The molecule has 1 rings (SSSR count). The lowest BCUT2D eigenvalue weighted by Gasteiger charge is -2.16. The summed E-state index contributed by atoms with van der Waals surface area (Å²) in [6.45, 7) is 4.04. The molecule has 1 aromatic carbocycles. The Morgan fingerprint density at radius 2 is 2.19 bits per heavy atom. The second-order valence-electron chi connectivity index (χ2n) is 4.18. The van der Waals surface area contributed by atoms with Crippen molar-refractivity contribution in [2.75, 3.05) is 0 Å². The summed E-state index contributed by atoms with van der Waals surface area (Å²) in [6.07, 6.45) is 1.29. The van der Waals surface area contributed by atoms with Gasteiger partial charge in [-0.05, 0) is 23.6 Å². The molecule has 0 bridgehead atoms. The fraction of sp³-hybridized carbons (Fsp3) is 0.462. The molecule has 0 aliphatic rings. The van der Waals surface area contributed by atoms with Crippen molar-refractivity contribution in [3.63, 3.8) is 0 Å². The lowest BCUT2D eigenvalue weighted by atomic mass is 9.93. The third kappa shape index (κ3) is 3.62. The first kappa shape index (κ1) is 13.2. The van der Waals surface area contributed by atoms with Gasteiger partial charge in [0.1, 0.15) is 0 Å². The molecule has 0 radical (unpaired) electrons. The van der Waals surface area contributed by atoms with Crippen molar-refractivity contribution in [3.05, 3.63) is 34.9 Å². The zero-order valence-electron chi connectivity index (χ0n) is 9.74. The molecule has 88 valence electrons. The minimum atomic E-state index is -0.371. The summed E-state index contributed by atoms with van der Waals surface area (Å²) in [7, 11) is 0. The summed E-state index contributed by atoms with van der Waals surface area (Å²) in [6, 6.07) is 6.98. The molecule has 0 spiro atoms. The summed E-state index contributed by atoms with van der Waals surface area (Å²) in [5.74, 6) is 0.309. The van der Waals surface area contributed by atoms with E-state index < -0.39 is 0 Å². The second kappa shape index (κ2) is 6.02. The Labute approximate surface area is 102 Å². The van der Waals surface area contributed by atoms with Gasteiger partial charge in [-0.1, -0.05) is 44.0 Å². The number of benzene rings is 1. The minimum absolute atomic E-state index is 0.0802. The van der Waals surface area contributed by atoms with E-state index in [1.807, 2.05) is 32.0 Å². The van der Waals surface area contributed by atoms with E-state index in [0.29, 0.717) is 11.4 Å². The van der Waals surface area contributed by atoms with Gasteiger partial charge in [-0.15, -0.1) is 0 Å². The van der Waals surface area contributed by atoms with Crippen molar-refractivity contribution in [1.82, 2.24) is 0 Å². The summed E-state index contributed by atoms with van der Waals surface area (Å²) >= 11 is 5.86. The van der Waals surface area contributed by atoms with Gasteiger partial charge in [-0.25, -0.2) is 0 Å². The highest BCUT2D eigenvalue weighted by Gasteiger charge is 2.19. The van der Waals surface area contributed by atoms with Crippen molar-refractivity contribution >= 4 is 17.4 Å². The monoisotopic (exact) mass is 239 g/mol. The average molecular weight is 240 g/mol. The highest BCUT2D eigenvalue weighted by molar-refractivity contribution is 6.30. The van der Waals surface area contributed by atoms with Gasteiger partial charge in [0, 0.05) is 11.4 Å². The van der Waals surface area contributed by atoms with Crippen LogP contribution in [0.1, 0.15) is 25.8 Å². The lowest BCUT2D eigenvalue weighted by molar-refractivity contribution is -0.120. The summed E-state index contributed by atoms with van der Waals surface area (Å²) in [4.78, 5) is 11.9. The van der Waals surface area contributed by atoms with Gasteiger partial charge in [-0.3, -0.25) is 4.79 Å². The Hall–Kier alpha value is -0.860. The molecule has 0 amide bonds. The van der Waals surface area contributed by atoms with Crippen LogP contribution in [0.3, 0.4) is 0 Å². The Bertz CT molecular complexity index is 365. The molecule has 16 heavy (non-hydrogen) atoms. The van der Waals surface area contributed by atoms with Crippen LogP contribution in [0, 0.1) is 5.92 Å². The van der Waals surface area contributed by atoms with Crippen molar-refractivity contribution in [3.8, 4) is 0 Å². The molecular formula is C13H18ClNO. The van der Waals surface area contributed by atoms with Crippen LogP contribution in [0.5, 0.6) is 0 Å². The van der Waals surface area contributed by atoms with Crippen LogP contribution in [0.2, 0.25) is 5.02 Å². The van der Waals surface area contributed by atoms with E-state index in [0.717, 1.165) is 12.0 Å². The quantitative estimate of drug-likeness (QED) is 0.859. The molecule has 0 aliphatic carbocycles. The molecule has 2 atom stereocenters. The Balaban J connectivity index is 2.64. The standard InChI is InChI=1S/C13H18ClNO/c1-3-9(2)13(15)12(16)8-10-5-4-6-11(14)7-10/h4-7,9,13H,3,8,15H2,1-2H3. The summed E-state index contributed by atoms with van der Waals surface area (Å²) in [5, 5.41) is 0.655. The first-order valence-electron chi connectivity index (χ1n) is 5.57. The molecule has 0 saturated heterocycles. The van der Waals surface area contributed by atoms with Crippen molar-refractivity contribution in [1.29, 1.82) is 0 Å². The van der Waals surface area contributed by atoms with Crippen LogP contribution < -0.4 is 5.73 Å². The van der Waals surface area contributed by atoms with Crippen molar-refractivity contribution < 1.29 is 4.79 Å². The smallest absolute Gasteiger partial charge is 0.154 e. The van der Waals surface area contributed by atoms with E-state index in [4.69, 9.17) is 17.3 Å². The van der Waals surface area contributed by atoms with Crippen LogP contribution in [-0.2, 0) is 11.2 Å².